The fourth-order valence-electron chi connectivity index (χ4n) is 4.52. The minimum absolute atomic E-state index is 0.00705. The smallest absolute Gasteiger partial charge is 0.312 e. The second-order valence-corrected chi connectivity index (χ2v) is 10.8. The lowest BCUT2D eigenvalue weighted by Gasteiger charge is -2.12. The molecular weight excluding hydrogens is 431 g/mol. The number of sulfonamides is 1. The Hall–Kier alpha value is -2.59. The molecule has 3 N–H and O–H groups in total. The summed E-state index contributed by atoms with van der Waals surface area (Å²) >= 11 is 0. The summed E-state index contributed by atoms with van der Waals surface area (Å²) in [4.78, 5) is 12.2. The molecule has 170 valence electrons. The third-order valence-corrected chi connectivity index (χ3v) is 8.35. The van der Waals surface area contributed by atoms with Crippen LogP contribution in [-0.4, -0.2) is 39.7 Å². The first-order valence-electron chi connectivity index (χ1n) is 11.1. The second kappa shape index (κ2) is 8.08. The van der Waals surface area contributed by atoms with Crippen molar-refractivity contribution >= 4 is 27.0 Å². The summed E-state index contributed by atoms with van der Waals surface area (Å²) in [6.45, 7) is 2.85. The Morgan fingerprint density at radius 3 is 2.69 bits per heavy atom. The van der Waals surface area contributed by atoms with Crippen LogP contribution in [0.2, 0.25) is 0 Å². The van der Waals surface area contributed by atoms with Gasteiger partial charge in [-0.3, -0.25) is 0 Å². The quantitative estimate of drug-likeness (QED) is 0.396. The van der Waals surface area contributed by atoms with Crippen molar-refractivity contribution in [3.63, 3.8) is 0 Å². The molecule has 2 aliphatic carbocycles. The fraction of sp³-hybridized carbons (Fsp3) is 0.500. The largest absolute Gasteiger partial charge is 0.382 e. The zero-order valence-corrected chi connectivity index (χ0v) is 18.9. The minimum Gasteiger partial charge on any atom is -0.382 e. The standard InChI is InChI=1S/C22H27FN6O2S/c1-13-10-14-4-2-5-15(14)11-16(13)12-18-26-19-20(24)27-22(23)28-21(19)29(18)9-3-8-25-32(30,31)17-6-7-17/h10-11,17,25H,2-9,12H2,1H3,(H2,24,27,28). The number of imidazole rings is 1. The molecule has 1 aromatic carbocycles. The van der Waals surface area contributed by atoms with Gasteiger partial charge < -0.3 is 10.3 Å². The third-order valence-electron chi connectivity index (χ3n) is 6.40. The maximum atomic E-state index is 13.9. The number of hydrogen-bond acceptors (Lipinski definition) is 6. The second-order valence-electron chi connectivity index (χ2n) is 8.80. The number of nitrogens with two attached hydrogens (primary N) is 1. The number of halogens is 1. The number of nitrogen functional groups attached to an aromatic ring is 1. The highest BCUT2D eigenvalue weighted by molar-refractivity contribution is 7.90. The van der Waals surface area contributed by atoms with Gasteiger partial charge in [-0.05, 0) is 67.7 Å². The van der Waals surface area contributed by atoms with Crippen LogP contribution in [0.4, 0.5) is 10.2 Å². The van der Waals surface area contributed by atoms with Crippen LogP contribution >= 0.6 is 0 Å². The van der Waals surface area contributed by atoms with Crippen LogP contribution in [0.15, 0.2) is 12.1 Å². The molecule has 1 saturated carbocycles. The van der Waals surface area contributed by atoms with Crippen molar-refractivity contribution in [2.45, 2.75) is 63.7 Å². The van der Waals surface area contributed by atoms with Crippen molar-refractivity contribution in [2.75, 3.05) is 12.3 Å². The van der Waals surface area contributed by atoms with Gasteiger partial charge in [0.25, 0.3) is 0 Å². The molecule has 5 rings (SSSR count). The highest BCUT2D eigenvalue weighted by Crippen LogP contribution is 2.29. The SMILES string of the molecule is Cc1cc2c(cc1Cc1nc3c(N)nc(F)nc3n1CCCNS(=O)(=O)C1CC1)CCC2. The van der Waals surface area contributed by atoms with Gasteiger partial charge in [-0.25, -0.2) is 18.1 Å². The monoisotopic (exact) mass is 458 g/mol. The van der Waals surface area contributed by atoms with Gasteiger partial charge in [-0.1, -0.05) is 12.1 Å². The van der Waals surface area contributed by atoms with Gasteiger partial charge in [-0.2, -0.15) is 14.4 Å². The third kappa shape index (κ3) is 4.09. The summed E-state index contributed by atoms with van der Waals surface area (Å²) in [5.41, 5.74) is 11.8. The lowest BCUT2D eigenvalue weighted by molar-refractivity contribution is 0.539. The molecule has 10 heteroatoms. The Morgan fingerprint density at radius 1 is 1.19 bits per heavy atom. The maximum Gasteiger partial charge on any atom is 0.312 e. The maximum absolute atomic E-state index is 13.9. The number of nitrogens with zero attached hydrogens (tertiary/aromatic N) is 4. The molecule has 0 saturated heterocycles. The fourth-order valence-corrected chi connectivity index (χ4v) is 5.94. The van der Waals surface area contributed by atoms with Crippen molar-refractivity contribution in [3.8, 4) is 0 Å². The zero-order chi connectivity index (χ0) is 22.5. The molecule has 2 aliphatic rings. The Morgan fingerprint density at radius 2 is 1.94 bits per heavy atom. The molecule has 0 aliphatic heterocycles. The normalized spacial score (nSPS) is 16.1. The van der Waals surface area contributed by atoms with E-state index in [1.165, 1.54) is 28.7 Å². The van der Waals surface area contributed by atoms with Crippen LogP contribution in [0.25, 0.3) is 11.2 Å². The lowest BCUT2D eigenvalue weighted by Crippen LogP contribution is -2.28. The first-order chi connectivity index (χ1) is 15.3. The molecule has 0 atom stereocenters. The van der Waals surface area contributed by atoms with E-state index in [2.05, 4.69) is 38.7 Å². The summed E-state index contributed by atoms with van der Waals surface area (Å²) in [7, 11) is -3.23. The molecule has 0 radical (unpaired) electrons. The topological polar surface area (TPSA) is 116 Å². The molecule has 2 aromatic heterocycles. The van der Waals surface area contributed by atoms with Gasteiger partial charge in [0.1, 0.15) is 5.82 Å². The van der Waals surface area contributed by atoms with Crippen molar-refractivity contribution in [3.05, 3.63) is 46.3 Å². The molecule has 1 fully saturated rings. The lowest BCUT2D eigenvalue weighted by atomic mass is 9.98. The molecule has 32 heavy (non-hydrogen) atoms. The van der Waals surface area contributed by atoms with Crippen LogP contribution in [0.5, 0.6) is 0 Å². The summed E-state index contributed by atoms with van der Waals surface area (Å²) in [5.74, 6) is 0.727. The molecule has 0 spiro atoms. The van der Waals surface area contributed by atoms with Crippen LogP contribution in [0, 0.1) is 13.0 Å². The predicted octanol–water partition coefficient (Wildman–Crippen LogP) is 2.41. The van der Waals surface area contributed by atoms with E-state index in [-0.39, 0.29) is 11.1 Å². The zero-order valence-electron chi connectivity index (χ0n) is 18.1. The Balaban J connectivity index is 1.43. The van der Waals surface area contributed by atoms with Gasteiger partial charge in [0.15, 0.2) is 17.0 Å². The minimum atomic E-state index is -3.23. The average Bonchev–Trinajstić information content (AvgIpc) is 3.42. The van der Waals surface area contributed by atoms with Crippen LogP contribution < -0.4 is 10.5 Å². The summed E-state index contributed by atoms with van der Waals surface area (Å²) in [6, 6.07) is 4.51. The van der Waals surface area contributed by atoms with Gasteiger partial charge in [0, 0.05) is 19.5 Å². The Kier molecular flexibility index (Phi) is 5.37. The molecule has 0 amide bonds. The number of nitrogens with one attached hydrogen (secondary N) is 1. The van der Waals surface area contributed by atoms with E-state index in [1.807, 2.05) is 4.57 Å². The average molecular weight is 459 g/mol. The molecule has 8 nitrogen and oxygen atoms in total. The number of hydrogen-bond donors (Lipinski definition) is 2. The number of aryl methyl sites for hydroxylation is 4. The molecule has 0 unspecified atom stereocenters. The first kappa shape index (κ1) is 21.3. The van der Waals surface area contributed by atoms with Gasteiger partial charge in [0.05, 0.1) is 5.25 Å². The molecule has 2 heterocycles. The summed E-state index contributed by atoms with van der Waals surface area (Å²) in [5, 5.41) is -0.253. The molecule has 3 aromatic rings. The molecular formula is C22H27FN6O2S. The van der Waals surface area contributed by atoms with Crippen molar-refractivity contribution < 1.29 is 12.8 Å². The van der Waals surface area contributed by atoms with Crippen molar-refractivity contribution in [1.82, 2.24) is 24.2 Å². The van der Waals surface area contributed by atoms with Gasteiger partial charge in [0.2, 0.25) is 10.0 Å². The van der Waals surface area contributed by atoms with E-state index >= 15 is 0 Å². The number of anilines is 1. The number of rotatable bonds is 8. The Bertz CT molecular complexity index is 1300. The van der Waals surface area contributed by atoms with Crippen molar-refractivity contribution in [1.29, 1.82) is 0 Å². The van der Waals surface area contributed by atoms with E-state index in [4.69, 9.17) is 5.73 Å². The summed E-state index contributed by atoms with van der Waals surface area (Å²) in [6.07, 6.45) is 5.03. The first-order valence-corrected chi connectivity index (χ1v) is 12.6. The van der Waals surface area contributed by atoms with E-state index in [0.29, 0.717) is 37.1 Å². The Labute approximate surface area is 186 Å². The molecule has 0 bridgehead atoms. The van der Waals surface area contributed by atoms with Gasteiger partial charge in [-0.15, -0.1) is 0 Å². The van der Waals surface area contributed by atoms with Crippen LogP contribution in [0.3, 0.4) is 0 Å². The van der Waals surface area contributed by atoms with E-state index in [0.717, 1.165) is 31.5 Å². The predicted molar refractivity (Wildman–Crippen MR) is 120 cm³/mol. The van der Waals surface area contributed by atoms with E-state index in [1.54, 1.807) is 0 Å². The van der Waals surface area contributed by atoms with E-state index < -0.39 is 16.1 Å². The number of aromatic nitrogens is 4. The highest BCUT2D eigenvalue weighted by Gasteiger charge is 2.35. The summed E-state index contributed by atoms with van der Waals surface area (Å²) < 4.78 is 42.6. The van der Waals surface area contributed by atoms with Crippen molar-refractivity contribution in [2.24, 2.45) is 0 Å². The van der Waals surface area contributed by atoms with Crippen LogP contribution in [0.1, 0.15) is 53.8 Å². The van der Waals surface area contributed by atoms with Gasteiger partial charge >= 0.3 is 6.08 Å². The number of benzene rings is 1. The highest BCUT2D eigenvalue weighted by atomic mass is 32.2. The van der Waals surface area contributed by atoms with E-state index in [9.17, 15) is 12.8 Å². The number of fused-ring (bicyclic) bond motifs is 2. The van der Waals surface area contributed by atoms with Crippen LogP contribution in [-0.2, 0) is 35.8 Å².